The average Bonchev–Trinajstić information content (AvgIpc) is 1.61. The zero-order valence-electron chi connectivity index (χ0n) is 4.39. The van der Waals surface area contributed by atoms with Crippen LogP contribution >= 0.6 is 0 Å². The third-order valence-corrected chi connectivity index (χ3v) is 0.391. The van der Waals surface area contributed by atoms with Gasteiger partial charge in [-0.25, -0.2) is 0 Å². The lowest BCUT2D eigenvalue weighted by atomic mass is 10.9. The van der Waals surface area contributed by atoms with E-state index in [4.69, 9.17) is 5.73 Å². The van der Waals surface area contributed by atoms with Gasteiger partial charge in [-0.3, -0.25) is 0 Å². The SMILES string of the molecule is C=[N+](C)N/C=C\N. The van der Waals surface area contributed by atoms with Crippen LogP contribution in [0.1, 0.15) is 0 Å². The molecular weight excluding hydrogens is 90.1 g/mol. The van der Waals surface area contributed by atoms with Crippen molar-refractivity contribution in [2.75, 3.05) is 7.05 Å². The van der Waals surface area contributed by atoms with E-state index < -0.39 is 0 Å². The van der Waals surface area contributed by atoms with Gasteiger partial charge in [0.25, 0.3) is 0 Å². The van der Waals surface area contributed by atoms with Gasteiger partial charge >= 0.3 is 0 Å². The molecule has 40 valence electrons. The molecular formula is C4H10N3+. The normalized spacial score (nSPS) is 9.29. The van der Waals surface area contributed by atoms with E-state index in [1.54, 1.807) is 17.9 Å². The van der Waals surface area contributed by atoms with Crippen molar-refractivity contribution >= 4 is 6.72 Å². The molecule has 0 atom stereocenters. The van der Waals surface area contributed by atoms with Crippen LogP contribution in [0.3, 0.4) is 0 Å². The molecule has 0 rings (SSSR count). The van der Waals surface area contributed by atoms with Crippen LogP contribution in [0.15, 0.2) is 12.4 Å². The van der Waals surface area contributed by atoms with Crippen LogP contribution in [0.4, 0.5) is 0 Å². The summed E-state index contributed by atoms with van der Waals surface area (Å²) in [6.07, 6.45) is 2.99. The van der Waals surface area contributed by atoms with Gasteiger partial charge < -0.3 is 5.73 Å². The molecule has 0 aliphatic rings. The van der Waals surface area contributed by atoms with E-state index in [0.717, 1.165) is 0 Å². The highest BCUT2D eigenvalue weighted by molar-refractivity contribution is 5.13. The Morgan fingerprint density at radius 3 is 2.57 bits per heavy atom. The number of hydrazine groups is 1. The molecule has 0 unspecified atom stereocenters. The molecule has 0 spiro atoms. The summed E-state index contributed by atoms with van der Waals surface area (Å²) in [6, 6.07) is 0. The summed E-state index contributed by atoms with van der Waals surface area (Å²) in [7, 11) is 1.78. The number of hydrogen-bond acceptors (Lipinski definition) is 2. The maximum atomic E-state index is 4.98. The third-order valence-electron chi connectivity index (χ3n) is 0.391. The molecule has 7 heavy (non-hydrogen) atoms. The second-order valence-electron chi connectivity index (χ2n) is 1.19. The number of rotatable bonds is 2. The van der Waals surface area contributed by atoms with Gasteiger partial charge in [0.1, 0.15) is 0 Å². The maximum Gasteiger partial charge on any atom is 0.161 e. The van der Waals surface area contributed by atoms with Crippen molar-refractivity contribution in [3.05, 3.63) is 12.4 Å². The summed E-state index contributed by atoms with van der Waals surface area (Å²) in [5.74, 6) is 0. The first-order valence-corrected chi connectivity index (χ1v) is 1.94. The van der Waals surface area contributed by atoms with E-state index in [9.17, 15) is 0 Å². The van der Waals surface area contributed by atoms with Crippen molar-refractivity contribution in [2.24, 2.45) is 5.73 Å². The molecule has 0 aliphatic carbocycles. The minimum Gasteiger partial charge on any atom is -0.403 e. The lowest BCUT2D eigenvalue weighted by molar-refractivity contribution is -0.540. The number of hydrazone groups is 1. The van der Waals surface area contributed by atoms with Gasteiger partial charge in [-0.15, -0.1) is 4.68 Å². The van der Waals surface area contributed by atoms with Crippen molar-refractivity contribution in [1.82, 2.24) is 5.43 Å². The zero-order valence-corrected chi connectivity index (χ0v) is 4.39. The first kappa shape index (κ1) is 6.01. The van der Waals surface area contributed by atoms with Gasteiger partial charge in [0.2, 0.25) is 0 Å². The number of hydrogen-bond donors (Lipinski definition) is 2. The molecule has 0 heterocycles. The Morgan fingerprint density at radius 1 is 1.86 bits per heavy atom. The fraction of sp³-hybridized carbons (Fsp3) is 0.250. The Kier molecular flexibility index (Phi) is 2.76. The van der Waals surface area contributed by atoms with Crippen LogP contribution in [0.5, 0.6) is 0 Å². The molecule has 0 saturated carbocycles. The summed E-state index contributed by atoms with van der Waals surface area (Å²) >= 11 is 0. The predicted octanol–water partition coefficient (Wildman–Crippen LogP) is -0.736. The van der Waals surface area contributed by atoms with E-state index in [1.807, 2.05) is 0 Å². The lowest BCUT2D eigenvalue weighted by Gasteiger charge is -1.85. The van der Waals surface area contributed by atoms with Crippen molar-refractivity contribution in [3.8, 4) is 0 Å². The molecule has 3 N–H and O–H groups in total. The molecule has 0 bridgehead atoms. The second-order valence-corrected chi connectivity index (χ2v) is 1.19. The Hall–Kier alpha value is -0.990. The van der Waals surface area contributed by atoms with Gasteiger partial charge in [0.05, 0.1) is 6.20 Å². The van der Waals surface area contributed by atoms with Crippen LogP contribution < -0.4 is 11.2 Å². The highest BCUT2D eigenvalue weighted by atomic mass is 15.4. The molecule has 0 aromatic rings. The molecule has 0 saturated heterocycles. The molecule has 0 fully saturated rings. The van der Waals surface area contributed by atoms with E-state index in [-0.39, 0.29) is 0 Å². The number of nitrogens with zero attached hydrogens (tertiary/aromatic N) is 1. The van der Waals surface area contributed by atoms with E-state index in [2.05, 4.69) is 12.1 Å². The summed E-state index contributed by atoms with van der Waals surface area (Å²) < 4.78 is 1.54. The zero-order chi connectivity index (χ0) is 5.70. The van der Waals surface area contributed by atoms with Crippen LogP contribution in [0.25, 0.3) is 0 Å². The average molecular weight is 100 g/mol. The number of nitrogens with one attached hydrogen (secondary N) is 1. The van der Waals surface area contributed by atoms with Crippen LogP contribution in [-0.4, -0.2) is 18.4 Å². The summed E-state index contributed by atoms with van der Waals surface area (Å²) in [5.41, 5.74) is 7.69. The molecule has 3 nitrogen and oxygen atoms in total. The van der Waals surface area contributed by atoms with Gasteiger partial charge in [0, 0.05) is 6.20 Å². The first-order valence-electron chi connectivity index (χ1n) is 1.94. The molecule has 0 radical (unpaired) electrons. The van der Waals surface area contributed by atoms with Crippen molar-refractivity contribution in [1.29, 1.82) is 0 Å². The Bertz CT molecular complexity index is 84.9. The van der Waals surface area contributed by atoms with Gasteiger partial charge in [-0.2, -0.15) is 5.43 Å². The molecule has 0 aromatic heterocycles. The van der Waals surface area contributed by atoms with Crippen LogP contribution in [0, 0.1) is 0 Å². The van der Waals surface area contributed by atoms with E-state index in [0.29, 0.717) is 0 Å². The van der Waals surface area contributed by atoms with Crippen LogP contribution in [-0.2, 0) is 0 Å². The predicted molar refractivity (Wildman–Crippen MR) is 29.8 cm³/mol. The fourth-order valence-corrected chi connectivity index (χ4v) is 0.170. The van der Waals surface area contributed by atoms with Gasteiger partial charge in [0.15, 0.2) is 13.8 Å². The highest BCUT2D eigenvalue weighted by Gasteiger charge is 1.73. The van der Waals surface area contributed by atoms with Crippen molar-refractivity contribution in [2.45, 2.75) is 0 Å². The first-order chi connectivity index (χ1) is 3.27. The Balaban J connectivity index is 3.14. The van der Waals surface area contributed by atoms with Crippen LogP contribution in [0.2, 0.25) is 0 Å². The van der Waals surface area contributed by atoms with E-state index >= 15 is 0 Å². The molecule has 0 aromatic carbocycles. The molecule has 0 aliphatic heterocycles. The smallest absolute Gasteiger partial charge is 0.161 e. The Morgan fingerprint density at radius 2 is 2.43 bits per heavy atom. The standard InChI is InChI=1S/C4H10N3/c1-7(2)6-4-3-5/h3-4,6H,1,5H2,2H3/q+1/b4-3-. The molecule has 3 heteroatoms. The lowest BCUT2D eigenvalue weighted by Crippen LogP contribution is -2.17. The van der Waals surface area contributed by atoms with E-state index in [1.165, 1.54) is 6.20 Å². The van der Waals surface area contributed by atoms with Crippen molar-refractivity contribution < 1.29 is 4.68 Å². The summed E-state index contributed by atoms with van der Waals surface area (Å²) in [6.45, 7) is 3.49. The summed E-state index contributed by atoms with van der Waals surface area (Å²) in [4.78, 5) is 0. The Labute approximate surface area is 43.1 Å². The minimum atomic E-state index is 1.40. The fourth-order valence-electron chi connectivity index (χ4n) is 0.170. The van der Waals surface area contributed by atoms with Gasteiger partial charge in [-0.05, 0) is 0 Å². The topological polar surface area (TPSA) is 41.1 Å². The maximum absolute atomic E-state index is 4.98. The summed E-state index contributed by atoms with van der Waals surface area (Å²) in [5, 5.41) is 0. The quantitative estimate of drug-likeness (QED) is 0.273. The second kappa shape index (κ2) is 3.21. The highest BCUT2D eigenvalue weighted by Crippen LogP contribution is 1.51. The monoisotopic (exact) mass is 100 g/mol. The largest absolute Gasteiger partial charge is 0.403 e. The van der Waals surface area contributed by atoms with Crippen molar-refractivity contribution in [3.63, 3.8) is 0 Å². The molecule has 0 amide bonds. The third kappa shape index (κ3) is 5.01. The minimum absolute atomic E-state index is 1.40. The number of nitrogens with two attached hydrogens (primary N) is 1. The van der Waals surface area contributed by atoms with Gasteiger partial charge in [-0.1, -0.05) is 0 Å².